The molecule has 1 aliphatic rings. The summed E-state index contributed by atoms with van der Waals surface area (Å²) in [7, 11) is 0.403. The molecule has 0 aromatic heterocycles. The van der Waals surface area contributed by atoms with Crippen molar-refractivity contribution in [2.24, 2.45) is 0 Å². The van der Waals surface area contributed by atoms with Gasteiger partial charge in [-0.25, -0.2) is 4.39 Å². The average Bonchev–Trinajstić information content (AvgIpc) is 2.10. The van der Waals surface area contributed by atoms with Crippen LogP contribution in [0, 0.1) is 0 Å². The van der Waals surface area contributed by atoms with Gasteiger partial charge in [-0.2, -0.15) is 26.3 Å². The van der Waals surface area contributed by atoms with Gasteiger partial charge in [-0.05, 0) is 0 Å². The van der Waals surface area contributed by atoms with E-state index < -0.39 is 29.4 Å². The summed E-state index contributed by atoms with van der Waals surface area (Å²) in [4.78, 5) is 0. The van der Waals surface area contributed by atoms with Crippen LogP contribution in [0.25, 0.3) is 0 Å². The Morgan fingerprint density at radius 3 is 1.50 bits per heavy atom. The number of allylic oxidation sites excluding steroid dienone is 2. The van der Waals surface area contributed by atoms with Crippen molar-refractivity contribution in [3.63, 3.8) is 0 Å². The van der Waals surface area contributed by atoms with Gasteiger partial charge in [0.05, 0.1) is 7.11 Å². The maximum atomic E-state index is 12.5. The van der Waals surface area contributed by atoms with Crippen LogP contribution in [0.3, 0.4) is 0 Å². The molecule has 0 spiro atoms. The van der Waals surface area contributed by atoms with Crippen LogP contribution >= 0.6 is 0 Å². The predicted molar refractivity (Wildman–Crippen MR) is 30.0 cm³/mol. The van der Waals surface area contributed by atoms with Gasteiger partial charge in [0, 0.05) is 0 Å². The van der Waals surface area contributed by atoms with E-state index in [0.717, 1.165) is 0 Å². The molecule has 1 aliphatic carbocycles. The molecule has 0 aromatic carbocycles. The molecule has 0 atom stereocenters. The Hall–Kier alpha value is -0.950. The molecule has 0 N–H and O–H groups in total. The molecule has 0 heterocycles. The largest absolute Gasteiger partial charge is 0.492 e. The quantitative estimate of drug-likeness (QED) is 0.622. The minimum Gasteiger partial charge on any atom is -0.492 e. The fourth-order valence-corrected chi connectivity index (χ4v) is 0.976. The van der Waals surface area contributed by atoms with Gasteiger partial charge in [0.15, 0.2) is 0 Å². The highest BCUT2D eigenvalue weighted by Crippen LogP contribution is 2.59. The third kappa shape index (κ3) is 0.908. The number of methoxy groups -OCH3 is 1. The molecule has 82 valence electrons. The Morgan fingerprint density at radius 2 is 1.36 bits per heavy atom. The van der Waals surface area contributed by atoms with Crippen molar-refractivity contribution in [2.45, 2.75) is 17.8 Å². The molecule has 8 heteroatoms. The van der Waals surface area contributed by atoms with Gasteiger partial charge in [0.25, 0.3) is 0 Å². The summed E-state index contributed by atoms with van der Waals surface area (Å²) in [6.07, 6.45) is 0. The van der Waals surface area contributed by atoms with E-state index in [1.54, 1.807) is 0 Å². The van der Waals surface area contributed by atoms with Gasteiger partial charge in [-0.1, -0.05) is 0 Å². The standard InChI is InChI=1S/C6H3F7O/c1-14-3-2(7)4(8,9)6(12,13)5(3,10)11/h1H3. The first-order valence-electron chi connectivity index (χ1n) is 3.19. The fraction of sp³-hybridized carbons (Fsp3) is 0.667. The van der Waals surface area contributed by atoms with E-state index in [2.05, 4.69) is 4.74 Å². The molecule has 1 nitrogen and oxygen atoms in total. The van der Waals surface area contributed by atoms with E-state index in [0.29, 0.717) is 7.11 Å². The van der Waals surface area contributed by atoms with E-state index in [1.807, 2.05) is 0 Å². The monoisotopic (exact) mass is 224 g/mol. The Labute approximate surface area is 73.1 Å². The van der Waals surface area contributed by atoms with E-state index in [-0.39, 0.29) is 0 Å². The van der Waals surface area contributed by atoms with Crippen molar-refractivity contribution in [2.75, 3.05) is 7.11 Å². The highest BCUT2D eigenvalue weighted by Gasteiger charge is 2.82. The fourth-order valence-electron chi connectivity index (χ4n) is 0.976. The van der Waals surface area contributed by atoms with Gasteiger partial charge in [-0.15, -0.1) is 0 Å². The van der Waals surface area contributed by atoms with Crippen molar-refractivity contribution in [3.05, 3.63) is 11.6 Å². The summed E-state index contributed by atoms with van der Waals surface area (Å²) in [6.45, 7) is 0. The summed E-state index contributed by atoms with van der Waals surface area (Å²) in [6, 6.07) is 0. The molecular formula is C6H3F7O. The van der Waals surface area contributed by atoms with E-state index in [9.17, 15) is 30.7 Å². The SMILES string of the molecule is COC1=C(F)C(F)(F)C(F)(F)C1(F)F. The van der Waals surface area contributed by atoms with Crippen LogP contribution in [0.1, 0.15) is 0 Å². The Balaban J connectivity index is 3.39. The van der Waals surface area contributed by atoms with Crippen molar-refractivity contribution < 1.29 is 35.5 Å². The van der Waals surface area contributed by atoms with E-state index in [1.165, 1.54) is 0 Å². The summed E-state index contributed by atoms with van der Waals surface area (Å²) in [5.41, 5.74) is 0. The van der Waals surface area contributed by atoms with Crippen LogP contribution in [-0.2, 0) is 4.74 Å². The molecular weight excluding hydrogens is 221 g/mol. The lowest BCUT2D eigenvalue weighted by molar-refractivity contribution is -0.273. The Kier molecular flexibility index (Phi) is 2.02. The van der Waals surface area contributed by atoms with E-state index >= 15 is 0 Å². The molecule has 0 unspecified atom stereocenters. The van der Waals surface area contributed by atoms with Crippen LogP contribution in [0.15, 0.2) is 11.6 Å². The molecule has 14 heavy (non-hydrogen) atoms. The second-order valence-corrected chi connectivity index (χ2v) is 2.57. The molecule has 0 saturated carbocycles. The van der Waals surface area contributed by atoms with Gasteiger partial charge >= 0.3 is 17.8 Å². The first-order chi connectivity index (χ1) is 6.10. The summed E-state index contributed by atoms with van der Waals surface area (Å²) in [5, 5.41) is 0. The van der Waals surface area contributed by atoms with Gasteiger partial charge < -0.3 is 4.74 Å². The third-order valence-corrected chi connectivity index (χ3v) is 1.75. The van der Waals surface area contributed by atoms with Crippen LogP contribution < -0.4 is 0 Å². The maximum Gasteiger partial charge on any atom is 0.386 e. The van der Waals surface area contributed by atoms with Gasteiger partial charge in [0.1, 0.15) is 0 Å². The normalized spacial score (nSPS) is 28.0. The molecule has 0 radical (unpaired) electrons. The minimum atomic E-state index is -5.81. The van der Waals surface area contributed by atoms with Crippen LogP contribution in [0.2, 0.25) is 0 Å². The highest BCUT2D eigenvalue weighted by atomic mass is 19.3. The smallest absolute Gasteiger partial charge is 0.386 e. The highest BCUT2D eigenvalue weighted by molar-refractivity contribution is 5.33. The molecule has 0 amide bonds. The molecule has 0 bridgehead atoms. The maximum absolute atomic E-state index is 12.5. The lowest BCUT2D eigenvalue weighted by Crippen LogP contribution is -2.49. The van der Waals surface area contributed by atoms with Gasteiger partial charge in [0.2, 0.25) is 11.6 Å². The summed E-state index contributed by atoms with van der Waals surface area (Å²) < 4.78 is 90.1. The second kappa shape index (κ2) is 2.54. The van der Waals surface area contributed by atoms with Crippen LogP contribution in [0.5, 0.6) is 0 Å². The van der Waals surface area contributed by atoms with Crippen LogP contribution in [0.4, 0.5) is 30.7 Å². The lowest BCUT2D eigenvalue weighted by Gasteiger charge is -2.23. The zero-order chi connectivity index (χ0) is 11.4. The topological polar surface area (TPSA) is 9.23 Å². The Bertz CT molecular complexity index is 293. The molecule has 0 aromatic rings. The van der Waals surface area contributed by atoms with Crippen molar-refractivity contribution >= 4 is 0 Å². The Morgan fingerprint density at radius 1 is 0.929 bits per heavy atom. The number of alkyl halides is 6. The molecule has 0 saturated heterocycles. The first kappa shape index (κ1) is 11.1. The van der Waals surface area contributed by atoms with Crippen molar-refractivity contribution in [3.8, 4) is 0 Å². The predicted octanol–water partition coefficient (Wildman–Crippen LogP) is 2.73. The number of halogens is 7. The number of hydrogen-bond donors (Lipinski definition) is 0. The molecule has 0 fully saturated rings. The van der Waals surface area contributed by atoms with Gasteiger partial charge in [-0.3, -0.25) is 0 Å². The third-order valence-electron chi connectivity index (χ3n) is 1.75. The van der Waals surface area contributed by atoms with Crippen molar-refractivity contribution in [1.29, 1.82) is 0 Å². The molecule has 1 rings (SSSR count). The summed E-state index contributed by atoms with van der Waals surface area (Å²) in [5.74, 6) is -21.9. The first-order valence-corrected chi connectivity index (χ1v) is 3.19. The van der Waals surface area contributed by atoms with E-state index in [4.69, 9.17) is 0 Å². The second-order valence-electron chi connectivity index (χ2n) is 2.57. The average molecular weight is 224 g/mol. The number of rotatable bonds is 1. The van der Waals surface area contributed by atoms with Crippen molar-refractivity contribution in [1.82, 2.24) is 0 Å². The zero-order valence-corrected chi connectivity index (χ0v) is 6.55. The van der Waals surface area contributed by atoms with Crippen LogP contribution in [-0.4, -0.2) is 24.9 Å². The minimum absolute atomic E-state index is 0.403. The lowest BCUT2D eigenvalue weighted by atomic mass is 10.1. The number of hydrogen-bond acceptors (Lipinski definition) is 1. The number of ether oxygens (including phenoxy) is 1. The zero-order valence-electron chi connectivity index (χ0n) is 6.55. The molecule has 0 aliphatic heterocycles. The summed E-state index contributed by atoms with van der Waals surface area (Å²) >= 11 is 0.